The molecular formula is C29H33N5O4. The number of ether oxygens (including phenoxy) is 2. The van der Waals surface area contributed by atoms with Crippen molar-refractivity contribution in [3.05, 3.63) is 78.4 Å². The molecule has 1 atom stereocenters. The van der Waals surface area contributed by atoms with Gasteiger partial charge in [-0.1, -0.05) is 43.3 Å². The largest absolute Gasteiger partial charge is 0.497 e. The molecule has 0 aliphatic heterocycles. The minimum absolute atomic E-state index is 0.0987. The van der Waals surface area contributed by atoms with Crippen molar-refractivity contribution in [2.24, 2.45) is 5.92 Å². The van der Waals surface area contributed by atoms with Crippen LogP contribution in [0.3, 0.4) is 0 Å². The first-order chi connectivity index (χ1) is 18.4. The van der Waals surface area contributed by atoms with Gasteiger partial charge in [-0.2, -0.15) is 0 Å². The Balaban J connectivity index is 1.76. The van der Waals surface area contributed by atoms with Gasteiger partial charge in [-0.25, -0.2) is 4.68 Å². The van der Waals surface area contributed by atoms with Crippen LogP contribution in [0.5, 0.6) is 11.5 Å². The van der Waals surface area contributed by atoms with Crippen molar-refractivity contribution in [1.29, 1.82) is 0 Å². The van der Waals surface area contributed by atoms with Crippen LogP contribution in [0.2, 0.25) is 0 Å². The third-order valence-corrected chi connectivity index (χ3v) is 6.28. The number of anilines is 1. The number of rotatable bonds is 11. The van der Waals surface area contributed by atoms with E-state index in [1.807, 2.05) is 24.3 Å². The Labute approximate surface area is 222 Å². The summed E-state index contributed by atoms with van der Waals surface area (Å²) in [7, 11) is 3.16. The van der Waals surface area contributed by atoms with Crippen molar-refractivity contribution in [2.45, 2.75) is 32.9 Å². The average molecular weight is 516 g/mol. The van der Waals surface area contributed by atoms with Crippen molar-refractivity contribution < 1.29 is 19.1 Å². The number of fused-ring (bicyclic) bond motifs is 1. The second-order valence-corrected chi connectivity index (χ2v) is 9.35. The molecule has 9 nitrogen and oxygen atoms in total. The quantitative estimate of drug-likeness (QED) is 0.318. The lowest BCUT2D eigenvalue weighted by atomic mass is 10.0. The fourth-order valence-corrected chi connectivity index (χ4v) is 4.20. The highest BCUT2D eigenvalue weighted by Gasteiger charge is 2.33. The predicted octanol–water partition coefficient (Wildman–Crippen LogP) is 4.39. The number of benzene rings is 3. The molecular weight excluding hydrogens is 482 g/mol. The minimum atomic E-state index is -0.927. The van der Waals surface area contributed by atoms with Gasteiger partial charge in [0.15, 0.2) is 0 Å². The predicted molar refractivity (Wildman–Crippen MR) is 146 cm³/mol. The topological polar surface area (TPSA) is 98.6 Å². The van der Waals surface area contributed by atoms with Gasteiger partial charge in [0.25, 0.3) is 0 Å². The van der Waals surface area contributed by atoms with E-state index in [0.717, 1.165) is 11.9 Å². The average Bonchev–Trinajstić information content (AvgIpc) is 3.34. The summed E-state index contributed by atoms with van der Waals surface area (Å²) in [5.74, 6) is 1.14. The highest BCUT2D eigenvalue weighted by Crippen LogP contribution is 2.31. The molecule has 0 radical (unpaired) electrons. The number of carbonyl (C=O) groups is 2. The van der Waals surface area contributed by atoms with Crippen LogP contribution in [0, 0.1) is 5.92 Å². The van der Waals surface area contributed by atoms with Crippen LogP contribution in [0.15, 0.2) is 72.8 Å². The van der Waals surface area contributed by atoms with Crippen LogP contribution in [0.4, 0.5) is 5.69 Å². The molecule has 4 rings (SSSR count). The van der Waals surface area contributed by atoms with Crippen LogP contribution in [-0.2, 0) is 16.1 Å². The van der Waals surface area contributed by atoms with Crippen LogP contribution >= 0.6 is 0 Å². The molecule has 38 heavy (non-hydrogen) atoms. The summed E-state index contributed by atoms with van der Waals surface area (Å²) in [6, 6.07) is 20.8. The summed E-state index contributed by atoms with van der Waals surface area (Å²) in [5.41, 5.74) is 2.63. The Bertz CT molecular complexity index is 1370. The number of hydrogen-bond acceptors (Lipinski definition) is 6. The number of nitrogens with zero attached hydrogens (tertiary/aromatic N) is 4. The zero-order chi connectivity index (χ0) is 27.1. The normalized spacial score (nSPS) is 11.8. The van der Waals surface area contributed by atoms with Gasteiger partial charge in [-0.3, -0.25) is 14.5 Å². The van der Waals surface area contributed by atoms with Crippen molar-refractivity contribution in [3.8, 4) is 11.5 Å². The summed E-state index contributed by atoms with van der Waals surface area (Å²) in [6.07, 6.45) is 0.822. The fraction of sp³-hybridized carbons (Fsp3) is 0.310. The molecule has 0 spiro atoms. The number of methoxy groups -OCH3 is 2. The Morgan fingerprint density at radius 3 is 2.18 bits per heavy atom. The number of carbonyl (C=O) groups excluding carboxylic acids is 2. The van der Waals surface area contributed by atoms with E-state index in [1.54, 1.807) is 67.4 Å². The fourth-order valence-electron chi connectivity index (χ4n) is 4.20. The summed E-state index contributed by atoms with van der Waals surface area (Å²) >= 11 is 0. The maximum absolute atomic E-state index is 14.0. The first-order valence-corrected chi connectivity index (χ1v) is 12.6. The van der Waals surface area contributed by atoms with E-state index >= 15 is 0 Å². The van der Waals surface area contributed by atoms with Gasteiger partial charge in [0, 0.05) is 12.2 Å². The van der Waals surface area contributed by atoms with Crippen LogP contribution < -0.4 is 19.7 Å². The zero-order valence-corrected chi connectivity index (χ0v) is 22.1. The van der Waals surface area contributed by atoms with E-state index in [0.29, 0.717) is 40.7 Å². The third kappa shape index (κ3) is 6.11. The number of hydrogen-bond donors (Lipinski definition) is 1. The van der Waals surface area contributed by atoms with Crippen molar-refractivity contribution in [3.63, 3.8) is 0 Å². The molecule has 1 aromatic heterocycles. The molecule has 0 aliphatic rings. The number of para-hydroxylation sites is 1. The summed E-state index contributed by atoms with van der Waals surface area (Å²) in [4.78, 5) is 29.3. The zero-order valence-electron chi connectivity index (χ0n) is 22.1. The van der Waals surface area contributed by atoms with Gasteiger partial charge in [0.2, 0.25) is 11.8 Å². The number of amides is 2. The number of aromatic nitrogens is 3. The van der Waals surface area contributed by atoms with Gasteiger partial charge in [0.05, 0.1) is 19.7 Å². The smallest absolute Gasteiger partial charge is 0.249 e. The maximum atomic E-state index is 14.0. The molecule has 4 aromatic rings. The molecule has 2 amide bonds. The van der Waals surface area contributed by atoms with Gasteiger partial charge >= 0.3 is 0 Å². The Kier molecular flexibility index (Phi) is 8.58. The molecule has 9 heteroatoms. The lowest BCUT2D eigenvalue weighted by molar-refractivity contribution is -0.127. The van der Waals surface area contributed by atoms with Crippen molar-refractivity contribution in [1.82, 2.24) is 20.3 Å². The molecule has 3 aromatic carbocycles. The highest BCUT2D eigenvalue weighted by molar-refractivity contribution is 6.01. The first kappa shape index (κ1) is 26.7. The summed E-state index contributed by atoms with van der Waals surface area (Å²) in [5, 5.41) is 11.4. The van der Waals surface area contributed by atoms with E-state index < -0.39 is 6.04 Å². The molecule has 1 N–H and O–H groups in total. The lowest BCUT2D eigenvalue weighted by Gasteiger charge is -2.32. The second kappa shape index (κ2) is 12.2. The van der Waals surface area contributed by atoms with E-state index in [1.165, 1.54) is 4.90 Å². The number of nitrogens with one attached hydrogen (secondary N) is 1. The molecule has 0 aliphatic carbocycles. The molecule has 0 bridgehead atoms. The SMILES string of the molecule is COc1ccc(C(C(=O)NCCC(C)C)N(C(=O)Cn2nnc3ccccc32)c2ccc(OC)cc2)cc1. The van der Waals surface area contributed by atoms with Gasteiger partial charge in [0.1, 0.15) is 29.6 Å². The molecule has 1 heterocycles. The van der Waals surface area contributed by atoms with Crippen molar-refractivity contribution in [2.75, 3.05) is 25.7 Å². The molecule has 0 fully saturated rings. The van der Waals surface area contributed by atoms with Crippen molar-refractivity contribution >= 4 is 28.5 Å². The monoisotopic (exact) mass is 515 g/mol. The molecule has 1 unspecified atom stereocenters. The Hall–Kier alpha value is -4.40. The third-order valence-electron chi connectivity index (χ3n) is 6.28. The van der Waals surface area contributed by atoms with Crippen LogP contribution in [-0.4, -0.2) is 47.6 Å². The maximum Gasteiger partial charge on any atom is 0.249 e. The van der Waals surface area contributed by atoms with Gasteiger partial charge in [-0.15, -0.1) is 5.10 Å². The van der Waals surface area contributed by atoms with E-state index in [9.17, 15) is 9.59 Å². The molecule has 198 valence electrons. The van der Waals surface area contributed by atoms with Crippen LogP contribution in [0.1, 0.15) is 31.9 Å². The Morgan fingerprint density at radius 2 is 1.55 bits per heavy atom. The Morgan fingerprint density at radius 1 is 0.921 bits per heavy atom. The highest BCUT2D eigenvalue weighted by atomic mass is 16.5. The summed E-state index contributed by atoms with van der Waals surface area (Å²) < 4.78 is 12.2. The summed E-state index contributed by atoms with van der Waals surface area (Å²) in [6.45, 7) is 4.60. The molecule has 0 saturated heterocycles. The van der Waals surface area contributed by atoms with Gasteiger partial charge < -0.3 is 14.8 Å². The van der Waals surface area contributed by atoms with Gasteiger partial charge in [-0.05, 0) is 66.4 Å². The lowest BCUT2D eigenvalue weighted by Crippen LogP contribution is -2.45. The van der Waals surface area contributed by atoms with E-state index in [-0.39, 0.29) is 18.4 Å². The van der Waals surface area contributed by atoms with E-state index in [4.69, 9.17) is 9.47 Å². The second-order valence-electron chi connectivity index (χ2n) is 9.35. The first-order valence-electron chi connectivity index (χ1n) is 12.6. The standard InChI is InChI=1S/C29H33N5O4/c1-20(2)17-18-30-29(36)28(21-9-13-23(37-3)14-10-21)34(22-11-15-24(38-4)16-12-22)27(35)19-33-26-8-6-5-7-25(26)31-32-33/h5-16,20,28H,17-19H2,1-4H3,(H,30,36). The van der Waals surface area contributed by atoms with E-state index in [2.05, 4.69) is 29.5 Å². The van der Waals surface area contributed by atoms with Crippen LogP contribution in [0.25, 0.3) is 11.0 Å². The minimum Gasteiger partial charge on any atom is -0.497 e. The molecule has 0 saturated carbocycles.